The zero-order valence-electron chi connectivity index (χ0n) is 38.4. The molecule has 3 aliphatic heterocycles. The standard InChI is InChI=1S/C52H62F2N8O3/c1-5-39-42(53)10-9-35-23-38(63)25-40(44(35)39)46-45(54)47-41(29-55-46)48(62-18-6-13-50(2,30-62)64-4)58-49(57-47)65-32-52(14-15-52)31-60-21-16-51(17-22-60)26-37(27-51)61-19-11-33(12-20-61)34-7-8-36-28-56-59(3)43(36)24-34/h7-10,23-25,28-29,33,37,63H,5-6,11-22,26-27,30-32H2,1-4H3/t50-/m1/s1. The summed E-state index contributed by atoms with van der Waals surface area (Å²) in [4.78, 5) is 22.0. The van der Waals surface area contributed by atoms with Crippen LogP contribution < -0.4 is 9.64 Å². The zero-order valence-corrected chi connectivity index (χ0v) is 38.4. The number of halogens is 2. The van der Waals surface area contributed by atoms with Crippen LogP contribution in [0.25, 0.3) is 43.8 Å². The summed E-state index contributed by atoms with van der Waals surface area (Å²) in [6.07, 6.45) is 15.5. The van der Waals surface area contributed by atoms with Gasteiger partial charge in [0.2, 0.25) is 0 Å². The molecule has 2 aliphatic carbocycles. The number of hydrogen-bond donors (Lipinski definition) is 1. The number of phenols is 1. The largest absolute Gasteiger partial charge is 0.508 e. The number of phenolic OH excluding ortho intramolecular Hbond substituents is 1. The number of methoxy groups -OCH3 is 1. The molecule has 5 fully saturated rings. The van der Waals surface area contributed by atoms with Gasteiger partial charge in [-0.05, 0) is 161 Å². The monoisotopic (exact) mass is 884 g/mol. The number of hydrogen-bond acceptors (Lipinski definition) is 10. The fraction of sp³-hybridized carbons (Fsp3) is 0.538. The fourth-order valence-electron chi connectivity index (χ4n) is 12.1. The SMILES string of the molecule is CCc1c(F)ccc2cc(O)cc(-c3ncc4c(N5CCC[C@@](C)(OC)C5)nc(OCC5(CN6CCC7(CC6)CC(N6CCC(c8ccc9cnn(C)c9c8)CC6)C7)CC5)nc4c3F)c12. The van der Waals surface area contributed by atoms with Gasteiger partial charge in [0.25, 0.3) is 0 Å². The second kappa shape index (κ2) is 16.4. The smallest absolute Gasteiger partial charge is 0.319 e. The predicted octanol–water partition coefficient (Wildman–Crippen LogP) is 9.57. The van der Waals surface area contributed by atoms with Crippen molar-refractivity contribution < 1.29 is 23.4 Å². The van der Waals surface area contributed by atoms with Gasteiger partial charge in [-0.15, -0.1) is 0 Å². The van der Waals surface area contributed by atoms with Crippen LogP contribution in [0, 0.1) is 22.5 Å². The summed E-state index contributed by atoms with van der Waals surface area (Å²) in [6.45, 7) is 11.3. The third-order valence-electron chi connectivity index (χ3n) is 16.4. The molecule has 1 spiro atoms. The maximum absolute atomic E-state index is 17.2. The van der Waals surface area contributed by atoms with E-state index in [1.807, 2.05) is 24.9 Å². The molecule has 11 nitrogen and oxygen atoms in total. The minimum atomic E-state index is -0.661. The summed E-state index contributed by atoms with van der Waals surface area (Å²) in [5.74, 6) is 0.0892. The van der Waals surface area contributed by atoms with Gasteiger partial charge in [-0.2, -0.15) is 15.1 Å². The Morgan fingerprint density at radius 2 is 1.68 bits per heavy atom. The van der Waals surface area contributed by atoms with Crippen molar-refractivity contribution in [2.24, 2.45) is 17.9 Å². The number of anilines is 1. The summed E-state index contributed by atoms with van der Waals surface area (Å²) in [6, 6.07) is 13.8. The van der Waals surface area contributed by atoms with Crippen LogP contribution in [0.15, 0.2) is 54.9 Å². The Balaban J connectivity index is 0.769. The number of aryl methyl sites for hydroxylation is 2. The first-order valence-corrected chi connectivity index (χ1v) is 24.1. The Bertz CT molecular complexity index is 2770. The lowest BCUT2D eigenvalue weighted by atomic mass is 9.59. The van der Waals surface area contributed by atoms with Gasteiger partial charge < -0.3 is 29.3 Å². The van der Waals surface area contributed by atoms with Gasteiger partial charge in [-0.1, -0.05) is 25.1 Å². The van der Waals surface area contributed by atoms with Crippen molar-refractivity contribution in [1.82, 2.24) is 34.5 Å². The third-order valence-corrected chi connectivity index (χ3v) is 16.4. The molecule has 1 N–H and O–H groups in total. The van der Waals surface area contributed by atoms with Crippen LogP contribution in [0.1, 0.15) is 95.1 Å². The maximum atomic E-state index is 17.2. The van der Waals surface area contributed by atoms with Gasteiger partial charge in [0.05, 0.1) is 29.3 Å². The molecule has 2 saturated carbocycles. The summed E-state index contributed by atoms with van der Waals surface area (Å²) >= 11 is 0. The highest BCUT2D eigenvalue weighted by molar-refractivity contribution is 6.01. The summed E-state index contributed by atoms with van der Waals surface area (Å²) in [5.41, 5.74) is 3.62. The van der Waals surface area contributed by atoms with E-state index in [4.69, 9.17) is 19.4 Å². The molecule has 5 aliphatic rings. The van der Waals surface area contributed by atoms with Gasteiger partial charge in [-0.3, -0.25) is 9.67 Å². The van der Waals surface area contributed by atoms with Crippen LogP contribution in [0.5, 0.6) is 11.8 Å². The van der Waals surface area contributed by atoms with Gasteiger partial charge in [0.1, 0.15) is 28.6 Å². The summed E-state index contributed by atoms with van der Waals surface area (Å²) in [5, 5.41) is 18.0. The van der Waals surface area contributed by atoms with E-state index in [1.165, 1.54) is 80.2 Å². The van der Waals surface area contributed by atoms with Gasteiger partial charge in [0, 0.05) is 62.4 Å². The fourth-order valence-corrected chi connectivity index (χ4v) is 12.1. The summed E-state index contributed by atoms with van der Waals surface area (Å²) in [7, 11) is 3.76. The Morgan fingerprint density at radius 1 is 0.892 bits per heavy atom. The van der Waals surface area contributed by atoms with E-state index in [-0.39, 0.29) is 34.2 Å². The number of benzene rings is 3. The van der Waals surface area contributed by atoms with Crippen LogP contribution in [0.3, 0.4) is 0 Å². The van der Waals surface area contributed by atoms with Gasteiger partial charge in [-0.25, -0.2) is 8.78 Å². The molecule has 0 amide bonds. The van der Waals surface area contributed by atoms with E-state index in [2.05, 4.69) is 49.9 Å². The number of likely N-dealkylation sites (tertiary alicyclic amines) is 2. The van der Waals surface area contributed by atoms with Crippen molar-refractivity contribution in [1.29, 1.82) is 0 Å². The minimum absolute atomic E-state index is 0.00592. The maximum Gasteiger partial charge on any atom is 0.319 e. The molecule has 6 heterocycles. The van der Waals surface area contributed by atoms with Crippen LogP contribution >= 0.6 is 0 Å². The molecule has 342 valence electrons. The Morgan fingerprint density at radius 3 is 2.43 bits per heavy atom. The molecular weight excluding hydrogens is 823 g/mol. The normalized spacial score (nSPS) is 22.9. The Hall–Kier alpha value is -4.98. The highest BCUT2D eigenvalue weighted by Crippen LogP contribution is 2.53. The third kappa shape index (κ3) is 7.88. The topological polar surface area (TPSA) is 105 Å². The molecule has 1 atom stereocenters. The Kier molecular flexibility index (Phi) is 10.8. The molecule has 13 heteroatoms. The van der Waals surface area contributed by atoms with Gasteiger partial charge in [0.15, 0.2) is 5.82 Å². The van der Waals surface area contributed by atoms with E-state index >= 15 is 8.78 Å². The van der Waals surface area contributed by atoms with Crippen molar-refractivity contribution in [2.45, 2.75) is 102 Å². The number of piperidine rings is 3. The molecular formula is C52H62F2N8O3. The molecule has 3 aromatic carbocycles. The van der Waals surface area contributed by atoms with Crippen molar-refractivity contribution in [3.63, 3.8) is 0 Å². The van der Waals surface area contributed by atoms with Crippen LogP contribution in [0.4, 0.5) is 14.6 Å². The average Bonchev–Trinajstić information content (AvgIpc) is 3.98. The molecule has 3 saturated heterocycles. The predicted molar refractivity (Wildman–Crippen MR) is 251 cm³/mol. The molecule has 0 radical (unpaired) electrons. The number of aromatic hydroxyl groups is 1. The molecule has 11 rings (SSSR count). The van der Waals surface area contributed by atoms with E-state index < -0.39 is 11.4 Å². The lowest BCUT2D eigenvalue weighted by molar-refractivity contribution is -0.0525. The van der Waals surface area contributed by atoms with Crippen molar-refractivity contribution in [3.8, 4) is 23.0 Å². The van der Waals surface area contributed by atoms with E-state index in [0.29, 0.717) is 70.6 Å². The lowest BCUT2D eigenvalue weighted by Gasteiger charge is -2.56. The van der Waals surface area contributed by atoms with E-state index in [9.17, 15) is 5.11 Å². The second-order valence-corrected chi connectivity index (χ2v) is 20.7. The van der Waals surface area contributed by atoms with Crippen molar-refractivity contribution >= 4 is 38.4 Å². The first kappa shape index (κ1) is 42.6. The number of aromatic nitrogens is 5. The van der Waals surface area contributed by atoms with Gasteiger partial charge >= 0.3 is 6.01 Å². The van der Waals surface area contributed by atoms with Crippen LogP contribution in [-0.2, 0) is 18.2 Å². The molecule has 6 aromatic rings. The van der Waals surface area contributed by atoms with E-state index in [1.54, 1.807) is 25.4 Å². The molecule has 3 aromatic heterocycles. The number of pyridine rings is 1. The minimum Gasteiger partial charge on any atom is -0.508 e. The molecule has 0 unspecified atom stereocenters. The number of nitrogens with zero attached hydrogens (tertiary/aromatic N) is 8. The zero-order chi connectivity index (χ0) is 44.7. The van der Waals surface area contributed by atoms with Crippen molar-refractivity contribution in [2.75, 3.05) is 64.4 Å². The second-order valence-electron chi connectivity index (χ2n) is 20.7. The highest BCUT2D eigenvalue weighted by Gasteiger charge is 2.50. The number of rotatable bonds is 11. The molecule has 65 heavy (non-hydrogen) atoms. The average molecular weight is 885 g/mol. The van der Waals surface area contributed by atoms with Crippen LogP contribution in [-0.4, -0.2) is 111 Å². The highest BCUT2D eigenvalue weighted by atomic mass is 19.1. The first-order chi connectivity index (χ1) is 31.4. The number of fused-ring (bicyclic) bond motifs is 3. The molecule has 0 bridgehead atoms. The summed E-state index contributed by atoms with van der Waals surface area (Å²) < 4.78 is 46.9. The quantitative estimate of drug-likeness (QED) is 0.135. The first-order valence-electron chi connectivity index (χ1n) is 24.1. The van der Waals surface area contributed by atoms with Crippen LogP contribution in [0.2, 0.25) is 0 Å². The Labute approximate surface area is 380 Å². The van der Waals surface area contributed by atoms with E-state index in [0.717, 1.165) is 51.4 Å². The van der Waals surface area contributed by atoms with Crippen molar-refractivity contribution in [3.05, 3.63) is 77.6 Å². The lowest BCUT2D eigenvalue weighted by Crippen LogP contribution is -2.56. The number of ether oxygens (including phenoxy) is 2.